The maximum absolute atomic E-state index is 10.7. The molecule has 116 valence electrons. The van der Waals surface area contributed by atoms with Crippen molar-refractivity contribution in [3.05, 3.63) is 51.5 Å². The van der Waals surface area contributed by atoms with Crippen LogP contribution in [0.2, 0.25) is 0 Å². The van der Waals surface area contributed by atoms with Crippen LogP contribution < -0.4 is 0 Å². The van der Waals surface area contributed by atoms with Crippen LogP contribution in [0.15, 0.2) is 29.6 Å². The lowest BCUT2D eigenvalue weighted by molar-refractivity contribution is -0.136. The van der Waals surface area contributed by atoms with Crippen molar-refractivity contribution in [2.45, 2.75) is 32.2 Å². The van der Waals surface area contributed by atoms with Gasteiger partial charge in [0.1, 0.15) is 0 Å². The van der Waals surface area contributed by atoms with Gasteiger partial charge in [-0.3, -0.25) is 9.69 Å². The zero-order valence-electron chi connectivity index (χ0n) is 12.7. The molecule has 0 saturated carbocycles. The standard InChI is InChI=1S/C17H20N2O2S/c1-12(17-18-15(11-22-17)8-16(20)21)9-19-7-6-13-4-2-3-5-14(13)10-19/h2-5,11-12H,6-10H2,1H3,(H,20,21). The van der Waals surface area contributed by atoms with Crippen molar-refractivity contribution in [1.82, 2.24) is 9.88 Å². The summed E-state index contributed by atoms with van der Waals surface area (Å²) in [5, 5.41) is 11.7. The number of hydrogen-bond acceptors (Lipinski definition) is 4. The molecule has 3 rings (SSSR count). The Bertz CT molecular complexity index is 668. The molecule has 2 aromatic rings. The molecule has 0 saturated heterocycles. The highest BCUT2D eigenvalue weighted by Crippen LogP contribution is 2.25. The van der Waals surface area contributed by atoms with Crippen LogP contribution in [0.4, 0.5) is 0 Å². The Morgan fingerprint density at radius 3 is 2.95 bits per heavy atom. The zero-order valence-corrected chi connectivity index (χ0v) is 13.5. The average Bonchev–Trinajstić information content (AvgIpc) is 2.95. The largest absolute Gasteiger partial charge is 0.481 e. The van der Waals surface area contributed by atoms with E-state index in [9.17, 15) is 4.79 Å². The Kier molecular flexibility index (Phi) is 4.55. The van der Waals surface area contributed by atoms with Crippen molar-refractivity contribution < 1.29 is 9.90 Å². The van der Waals surface area contributed by atoms with Gasteiger partial charge in [-0.15, -0.1) is 11.3 Å². The molecule has 0 bridgehead atoms. The van der Waals surface area contributed by atoms with Crippen LogP contribution in [-0.4, -0.2) is 34.0 Å². The monoisotopic (exact) mass is 316 g/mol. The first-order valence-electron chi connectivity index (χ1n) is 7.57. The number of carbonyl (C=O) groups is 1. The molecule has 0 aliphatic carbocycles. The molecule has 0 radical (unpaired) electrons. The predicted octanol–water partition coefficient (Wildman–Crippen LogP) is 2.93. The van der Waals surface area contributed by atoms with Gasteiger partial charge in [-0.05, 0) is 17.5 Å². The molecule has 1 unspecified atom stereocenters. The second-order valence-corrected chi connectivity index (χ2v) is 6.79. The van der Waals surface area contributed by atoms with E-state index in [1.165, 1.54) is 11.1 Å². The first-order valence-corrected chi connectivity index (χ1v) is 8.45. The van der Waals surface area contributed by atoms with E-state index in [0.717, 1.165) is 31.1 Å². The van der Waals surface area contributed by atoms with Gasteiger partial charge in [0, 0.05) is 30.9 Å². The van der Waals surface area contributed by atoms with E-state index in [-0.39, 0.29) is 6.42 Å². The van der Waals surface area contributed by atoms with E-state index in [4.69, 9.17) is 5.11 Å². The van der Waals surface area contributed by atoms with Gasteiger partial charge in [-0.25, -0.2) is 4.98 Å². The van der Waals surface area contributed by atoms with Gasteiger partial charge >= 0.3 is 5.97 Å². The highest BCUT2D eigenvalue weighted by atomic mass is 32.1. The van der Waals surface area contributed by atoms with Gasteiger partial charge in [0.05, 0.1) is 17.1 Å². The minimum Gasteiger partial charge on any atom is -0.481 e. The lowest BCUT2D eigenvalue weighted by atomic mass is 9.99. The number of nitrogens with zero attached hydrogens (tertiary/aromatic N) is 2. The molecule has 1 aliphatic rings. The summed E-state index contributed by atoms with van der Waals surface area (Å²) < 4.78 is 0. The fraction of sp³-hybridized carbons (Fsp3) is 0.412. The average molecular weight is 316 g/mol. The molecule has 2 heterocycles. The second-order valence-electron chi connectivity index (χ2n) is 5.90. The van der Waals surface area contributed by atoms with Gasteiger partial charge < -0.3 is 5.11 Å². The second kappa shape index (κ2) is 6.58. The Morgan fingerprint density at radius 1 is 1.41 bits per heavy atom. The molecule has 5 heteroatoms. The zero-order chi connectivity index (χ0) is 15.5. The van der Waals surface area contributed by atoms with Crippen molar-refractivity contribution in [2.24, 2.45) is 0 Å². The Morgan fingerprint density at radius 2 is 2.18 bits per heavy atom. The fourth-order valence-corrected chi connectivity index (χ4v) is 3.83. The molecule has 1 aromatic carbocycles. The Hall–Kier alpha value is -1.72. The summed E-state index contributed by atoms with van der Waals surface area (Å²) in [6.45, 7) is 5.21. The van der Waals surface area contributed by atoms with Crippen molar-refractivity contribution in [2.75, 3.05) is 13.1 Å². The van der Waals surface area contributed by atoms with E-state index in [2.05, 4.69) is 41.1 Å². The molecular formula is C17H20N2O2S. The first-order chi connectivity index (χ1) is 10.6. The third kappa shape index (κ3) is 3.54. The van der Waals surface area contributed by atoms with Crippen LogP contribution in [0.1, 0.15) is 34.7 Å². The molecule has 1 aromatic heterocycles. The highest BCUT2D eigenvalue weighted by molar-refractivity contribution is 7.09. The van der Waals surface area contributed by atoms with E-state index in [1.807, 2.05) is 5.38 Å². The topological polar surface area (TPSA) is 53.4 Å². The lowest BCUT2D eigenvalue weighted by Gasteiger charge is -2.30. The summed E-state index contributed by atoms with van der Waals surface area (Å²) in [7, 11) is 0. The maximum atomic E-state index is 10.7. The number of hydrogen-bond donors (Lipinski definition) is 1. The van der Waals surface area contributed by atoms with E-state index in [0.29, 0.717) is 11.6 Å². The molecule has 22 heavy (non-hydrogen) atoms. The van der Waals surface area contributed by atoms with E-state index in [1.54, 1.807) is 11.3 Å². The molecule has 0 amide bonds. The van der Waals surface area contributed by atoms with E-state index >= 15 is 0 Å². The first kappa shape index (κ1) is 15.2. The van der Waals surface area contributed by atoms with Crippen LogP contribution in [0.5, 0.6) is 0 Å². The normalized spacial score (nSPS) is 16.2. The van der Waals surface area contributed by atoms with Gasteiger partial charge in [-0.1, -0.05) is 31.2 Å². The van der Waals surface area contributed by atoms with Gasteiger partial charge in [0.15, 0.2) is 0 Å². The number of aliphatic carboxylic acids is 1. The smallest absolute Gasteiger partial charge is 0.309 e. The van der Waals surface area contributed by atoms with Crippen LogP contribution >= 0.6 is 11.3 Å². The van der Waals surface area contributed by atoms with Crippen molar-refractivity contribution in [1.29, 1.82) is 0 Å². The van der Waals surface area contributed by atoms with Gasteiger partial charge in [0.2, 0.25) is 0 Å². The van der Waals surface area contributed by atoms with Crippen LogP contribution in [0.25, 0.3) is 0 Å². The summed E-state index contributed by atoms with van der Waals surface area (Å²) in [6.07, 6.45) is 1.12. The van der Waals surface area contributed by atoms with E-state index < -0.39 is 5.97 Å². The predicted molar refractivity (Wildman–Crippen MR) is 87.3 cm³/mol. The molecule has 1 atom stereocenters. The minimum absolute atomic E-state index is 0.0142. The summed E-state index contributed by atoms with van der Waals surface area (Å²) in [4.78, 5) is 17.7. The summed E-state index contributed by atoms with van der Waals surface area (Å²) in [5.41, 5.74) is 3.55. The molecule has 1 aliphatic heterocycles. The lowest BCUT2D eigenvalue weighted by Crippen LogP contribution is -2.33. The number of carboxylic acid groups (broad SMARTS) is 1. The minimum atomic E-state index is -0.822. The third-order valence-corrected chi connectivity index (χ3v) is 5.19. The molecular weight excluding hydrogens is 296 g/mol. The van der Waals surface area contributed by atoms with Crippen molar-refractivity contribution >= 4 is 17.3 Å². The van der Waals surface area contributed by atoms with Gasteiger partial charge in [-0.2, -0.15) is 0 Å². The number of thiazole rings is 1. The molecule has 4 nitrogen and oxygen atoms in total. The Labute approximate surface area is 134 Å². The number of carboxylic acids is 1. The number of benzene rings is 1. The van der Waals surface area contributed by atoms with Crippen LogP contribution in [0, 0.1) is 0 Å². The van der Waals surface area contributed by atoms with Crippen LogP contribution in [-0.2, 0) is 24.2 Å². The molecule has 0 spiro atoms. The third-order valence-electron chi connectivity index (χ3n) is 4.07. The van der Waals surface area contributed by atoms with Crippen LogP contribution in [0.3, 0.4) is 0 Å². The van der Waals surface area contributed by atoms with Crippen molar-refractivity contribution in [3.63, 3.8) is 0 Å². The highest BCUT2D eigenvalue weighted by Gasteiger charge is 2.20. The number of fused-ring (bicyclic) bond motifs is 1. The SMILES string of the molecule is CC(CN1CCc2ccccc2C1)c1nc(CC(=O)O)cs1. The summed E-state index contributed by atoms with van der Waals surface area (Å²) in [5.74, 6) is -0.491. The van der Waals surface area contributed by atoms with Crippen molar-refractivity contribution in [3.8, 4) is 0 Å². The fourth-order valence-electron chi connectivity index (χ4n) is 2.96. The maximum Gasteiger partial charge on any atom is 0.309 e. The van der Waals surface area contributed by atoms with Gasteiger partial charge in [0.25, 0.3) is 0 Å². The summed E-state index contributed by atoms with van der Waals surface area (Å²) >= 11 is 1.57. The number of rotatable bonds is 5. The quantitative estimate of drug-likeness (QED) is 0.921. The number of aromatic nitrogens is 1. The molecule has 1 N–H and O–H groups in total. The molecule has 0 fully saturated rings. The summed E-state index contributed by atoms with van der Waals surface area (Å²) in [6, 6.07) is 8.64. The Balaban J connectivity index is 1.61.